The molecule has 2 heterocycles. The Morgan fingerprint density at radius 3 is 2.21 bits per heavy atom. The molecule has 214 valence electrons. The van der Waals surface area contributed by atoms with Gasteiger partial charge in [0.1, 0.15) is 12.3 Å². The summed E-state index contributed by atoms with van der Waals surface area (Å²) in [6.45, 7) is 1.61. The fraction of sp³-hybridized carbons (Fsp3) is 0.720. The predicted molar refractivity (Wildman–Crippen MR) is 137 cm³/mol. The van der Waals surface area contributed by atoms with E-state index >= 15 is 0 Å². The second kappa shape index (κ2) is 16.0. The van der Waals surface area contributed by atoms with Crippen molar-refractivity contribution in [2.45, 2.75) is 89.6 Å². The number of carboxylic acid groups (broad SMARTS) is 2. The van der Waals surface area contributed by atoms with E-state index in [0.29, 0.717) is 18.5 Å². The van der Waals surface area contributed by atoms with Crippen LogP contribution in [0, 0.1) is 6.92 Å². The van der Waals surface area contributed by atoms with Gasteiger partial charge in [0.25, 0.3) is 5.56 Å². The fourth-order valence-corrected chi connectivity index (χ4v) is 4.45. The van der Waals surface area contributed by atoms with Crippen molar-refractivity contribution in [3.05, 3.63) is 32.6 Å². The molecule has 5 N–H and O–H groups in total. The number of carboxylic acids is 2. The Kier molecular flexibility index (Phi) is 13.2. The Balaban J connectivity index is 1.52. The lowest BCUT2D eigenvalue weighted by Crippen LogP contribution is -2.37. The number of carbonyl (C=O) groups excluding carboxylic acids is 1. The molecule has 0 aromatic carbocycles. The van der Waals surface area contributed by atoms with E-state index in [2.05, 4.69) is 10.3 Å². The molecule has 38 heavy (non-hydrogen) atoms. The van der Waals surface area contributed by atoms with E-state index in [1.54, 1.807) is 6.92 Å². The minimum atomic E-state index is -1.03. The summed E-state index contributed by atoms with van der Waals surface area (Å²) >= 11 is 0. The summed E-state index contributed by atoms with van der Waals surface area (Å²) in [7, 11) is 0. The second-order valence-electron chi connectivity index (χ2n) is 9.79. The number of nitrogens with zero attached hydrogens (tertiary/aromatic N) is 2. The molecular formula is C25H40N4O9. The maximum atomic E-state index is 12.2. The van der Waals surface area contributed by atoms with Crippen molar-refractivity contribution >= 4 is 17.8 Å². The van der Waals surface area contributed by atoms with E-state index in [9.17, 15) is 29.1 Å². The number of hydrogen-bond donors (Lipinski definition) is 5. The molecule has 1 saturated heterocycles. The van der Waals surface area contributed by atoms with Gasteiger partial charge in [-0.2, -0.15) is 0 Å². The molecule has 0 saturated carbocycles. The number of unbranched alkanes of at least 4 members (excludes halogenated alkanes) is 7. The van der Waals surface area contributed by atoms with Crippen molar-refractivity contribution in [1.82, 2.24) is 19.8 Å². The standard InChI is InChI=1S/C25H40N4O9/c1-17-14-29(25(37)27-24(17)36)21-12-18(30)19(38-21)13-26-20(31)10-8-6-4-2-3-5-7-9-11-28(15-22(32)33)16-23(34)35/h14,18-19,21,30H,2-13,15-16H2,1H3,(H,26,31)(H,32,33)(H,34,35)(H,27,36,37)/t18-,19+,21+/m0/s1. The maximum absolute atomic E-state index is 12.2. The van der Waals surface area contributed by atoms with E-state index in [1.807, 2.05) is 0 Å². The number of amides is 1. The SMILES string of the molecule is Cc1cn([C@H]2C[C@H](O)[C@@H](CNC(=O)CCCCCCCCCCN(CC(=O)O)CC(=O)O)O2)c(=O)[nH]c1=O. The van der Waals surface area contributed by atoms with Gasteiger partial charge in [0.2, 0.25) is 5.91 Å². The molecule has 2 rings (SSSR count). The van der Waals surface area contributed by atoms with Gasteiger partial charge in [0, 0.05) is 31.1 Å². The van der Waals surface area contributed by atoms with Crippen LogP contribution in [-0.4, -0.2) is 86.0 Å². The van der Waals surface area contributed by atoms with Crippen LogP contribution in [0.15, 0.2) is 15.8 Å². The van der Waals surface area contributed by atoms with E-state index < -0.39 is 41.6 Å². The Bertz CT molecular complexity index is 1020. The van der Waals surface area contributed by atoms with Crippen molar-refractivity contribution < 1.29 is 34.4 Å². The quantitative estimate of drug-likeness (QED) is 0.165. The van der Waals surface area contributed by atoms with Gasteiger partial charge in [0.05, 0.1) is 19.2 Å². The minimum absolute atomic E-state index is 0.129. The Labute approximate surface area is 220 Å². The number of aliphatic hydroxyl groups excluding tert-OH is 1. The molecule has 1 aromatic heterocycles. The Hall–Kier alpha value is -3.03. The molecule has 1 aliphatic heterocycles. The smallest absolute Gasteiger partial charge is 0.330 e. The number of aryl methyl sites for hydroxylation is 1. The first-order valence-electron chi connectivity index (χ1n) is 13.1. The highest BCUT2D eigenvalue weighted by atomic mass is 16.5. The maximum Gasteiger partial charge on any atom is 0.330 e. The van der Waals surface area contributed by atoms with Crippen LogP contribution in [0.3, 0.4) is 0 Å². The molecule has 0 aliphatic carbocycles. The van der Waals surface area contributed by atoms with Crippen molar-refractivity contribution in [3.63, 3.8) is 0 Å². The van der Waals surface area contributed by atoms with Crippen LogP contribution in [0.4, 0.5) is 0 Å². The molecule has 0 unspecified atom stereocenters. The molecular weight excluding hydrogens is 500 g/mol. The third-order valence-corrected chi connectivity index (χ3v) is 6.51. The number of aliphatic carboxylic acids is 2. The summed E-state index contributed by atoms with van der Waals surface area (Å²) in [6, 6.07) is 0. The number of carbonyl (C=O) groups is 3. The lowest BCUT2D eigenvalue weighted by molar-refractivity contribution is -0.141. The number of nitrogens with one attached hydrogen (secondary N) is 2. The van der Waals surface area contributed by atoms with Gasteiger partial charge in [-0.15, -0.1) is 0 Å². The van der Waals surface area contributed by atoms with Crippen molar-refractivity contribution in [3.8, 4) is 0 Å². The highest BCUT2D eigenvalue weighted by Crippen LogP contribution is 2.27. The normalized spacial score (nSPS) is 19.1. The lowest BCUT2D eigenvalue weighted by atomic mass is 10.1. The first kappa shape index (κ1) is 31.2. The zero-order valence-electron chi connectivity index (χ0n) is 21.9. The first-order valence-corrected chi connectivity index (χ1v) is 13.1. The van der Waals surface area contributed by atoms with Crippen molar-refractivity contribution in [2.75, 3.05) is 26.2 Å². The number of rotatable bonds is 18. The minimum Gasteiger partial charge on any atom is -0.480 e. The number of aromatic nitrogens is 2. The number of H-pyrrole nitrogens is 1. The van der Waals surface area contributed by atoms with E-state index in [1.165, 1.54) is 15.7 Å². The van der Waals surface area contributed by atoms with Crippen LogP contribution in [0.2, 0.25) is 0 Å². The highest BCUT2D eigenvalue weighted by Gasteiger charge is 2.35. The predicted octanol–water partition coefficient (Wildman–Crippen LogP) is 0.592. The summed E-state index contributed by atoms with van der Waals surface area (Å²) in [5.41, 5.74) is -0.720. The van der Waals surface area contributed by atoms with Crippen LogP contribution in [-0.2, 0) is 19.1 Å². The zero-order valence-corrected chi connectivity index (χ0v) is 21.9. The lowest BCUT2D eigenvalue weighted by Gasteiger charge is -2.17. The topological polar surface area (TPSA) is 191 Å². The average molecular weight is 541 g/mol. The van der Waals surface area contributed by atoms with Gasteiger partial charge in [-0.3, -0.25) is 33.6 Å². The molecule has 1 amide bonds. The van der Waals surface area contributed by atoms with Gasteiger partial charge in [-0.1, -0.05) is 38.5 Å². The summed E-state index contributed by atoms with van der Waals surface area (Å²) in [6.07, 6.45) is 7.09. The number of aromatic amines is 1. The molecule has 0 radical (unpaired) electrons. The summed E-state index contributed by atoms with van der Waals surface area (Å²) in [4.78, 5) is 61.0. The zero-order chi connectivity index (χ0) is 28.1. The first-order chi connectivity index (χ1) is 18.1. The number of ether oxygens (including phenoxy) is 1. The van der Waals surface area contributed by atoms with Crippen LogP contribution in [0.25, 0.3) is 0 Å². The molecule has 0 spiro atoms. The number of hydrogen-bond acceptors (Lipinski definition) is 8. The van der Waals surface area contributed by atoms with Gasteiger partial charge >= 0.3 is 17.6 Å². The molecule has 3 atom stereocenters. The second-order valence-corrected chi connectivity index (χ2v) is 9.79. The van der Waals surface area contributed by atoms with Gasteiger partial charge in [-0.25, -0.2) is 4.79 Å². The monoisotopic (exact) mass is 540 g/mol. The molecule has 1 fully saturated rings. The highest BCUT2D eigenvalue weighted by molar-refractivity contribution is 5.75. The van der Waals surface area contributed by atoms with Crippen LogP contribution < -0.4 is 16.6 Å². The molecule has 13 heteroatoms. The average Bonchev–Trinajstić information content (AvgIpc) is 3.20. The van der Waals surface area contributed by atoms with Crippen LogP contribution in [0.1, 0.15) is 76.0 Å². The molecule has 1 aromatic rings. The fourth-order valence-electron chi connectivity index (χ4n) is 4.45. The van der Waals surface area contributed by atoms with Gasteiger partial charge < -0.3 is 25.4 Å². The van der Waals surface area contributed by atoms with Crippen LogP contribution >= 0.6 is 0 Å². The Morgan fingerprint density at radius 1 is 1.03 bits per heavy atom. The van der Waals surface area contributed by atoms with Gasteiger partial charge in [0.15, 0.2) is 0 Å². The molecule has 0 bridgehead atoms. The van der Waals surface area contributed by atoms with E-state index in [-0.39, 0.29) is 32.0 Å². The molecule has 13 nitrogen and oxygen atoms in total. The number of aliphatic hydroxyl groups is 1. The largest absolute Gasteiger partial charge is 0.480 e. The van der Waals surface area contributed by atoms with E-state index in [0.717, 1.165) is 51.4 Å². The summed E-state index contributed by atoms with van der Waals surface area (Å²) < 4.78 is 7.00. The Morgan fingerprint density at radius 2 is 1.61 bits per heavy atom. The van der Waals surface area contributed by atoms with Crippen molar-refractivity contribution in [1.29, 1.82) is 0 Å². The molecule has 1 aliphatic rings. The van der Waals surface area contributed by atoms with Gasteiger partial charge in [-0.05, 0) is 26.3 Å². The van der Waals surface area contributed by atoms with E-state index in [4.69, 9.17) is 14.9 Å². The third-order valence-electron chi connectivity index (χ3n) is 6.51. The summed E-state index contributed by atoms with van der Waals surface area (Å²) in [5, 5.41) is 30.7. The van der Waals surface area contributed by atoms with Crippen molar-refractivity contribution in [2.24, 2.45) is 0 Å². The third kappa shape index (κ3) is 11.2. The summed E-state index contributed by atoms with van der Waals surface area (Å²) in [5.74, 6) is -2.20. The van der Waals surface area contributed by atoms with Crippen LogP contribution in [0.5, 0.6) is 0 Å².